The monoisotopic (exact) mass is 266 g/mol. The first-order valence-electron chi connectivity index (χ1n) is 6.28. The number of nitrogens with one attached hydrogen (secondary N) is 1. The van der Waals surface area contributed by atoms with Crippen molar-refractivity contribution in [3.05, 3.63) is 70.8 Å². The molecule has 20 heavy (non-hydrogen) atoms. The summed E-state index contributed by atoms with van der Waals surface area (Å²) >= 11 is 0. The second kappa shape index (κ2) is 5.14. The minimum Gasteiger partial charge on any atom is -0.309 e. The molecule has 0 atom stereocenters. The molecule has 3 rings (SSSR count). The molecule has 0 unspecified atom stereocenters. The van der Waals surface area contributed by atoms with Gasteiger partial charge in [0.15, 0.2) is 0 Å². The first-order chi connectivity index (χ1) is 9.78. The maximum Gasteiger partial charge on any atom is 0.258 e. The lowest BCUT2D eigenvalue weighted by Crippen LogP contribution is -2.20. The second-order valence-corrected chi connectivity index (χ2v) is 4.49. The summed E-state index contributed by atoms with van der Waals surface area (Å²) in [5, 5.41) is 1.65. The summed E-state index contributed by atoms with van der Waals surface area (Å²) in [5.74, 6) is 5.92. The number of fused-ring (bicyclic) bond motifs is 1. The molecule has 0 aliphatic rings. The number of nitrogens with two attached hydrogens (primary N) is 1. The van der Waals surface area contributed by atoms with Gasteiger partial charge in [0.2, 0.25) is 0 Å². The lowest BCUT2D eigenvalue weighted by molar-refractivity contribution is 0.747. The predicted molar refractivity (Wildman–Crippen MR) is 79.4 cm³/mol. The van der Waals surface area contributed by atoms with Crippen molar-refractivity contribution in [2.24, 2.45) is 5.84 Å². The molecule has 5 nitrogen and oxygen atoms in total. The van der Waals surface area contributed by atoms with Crippen molar-refractivity contribution in [2.45, 2.75) is 6.54 Å². The molecule has 0 aliphatic carbocycles. The molecule has 1 aromatic carbocycles. The lowest BCUT2D eigenvalue weighted by atomic mass is 10.2. The Morgan fingerprint density at radius 2 is 1.95 bits per heavy atom. The maximum absolute atomic E-state index is 12.4. The standard InChI is InChI=1S/C15H14N4O/c16-18-14-7-3-5-12(17-14)10-19-9-8-11-4-1-2-6-13(11)15(19)20/h1-9H,10,16H2,(H,17,18). The maximum atomic E-state index is 12.4. The SMILES string of the molecule is NNc1cccc(Cn2ccc3ccccc3c2=O)n1. The number of hydrazine groups is 1. The van der Waals surface area contributed by atoms with Crippen LogP contribution in [0.2, 0.25) is 0 Å². The van der Waals surface area contributed by atoms with Gasteiger partial charge < -0.3 is 9.99 Å². The van der Waals surface area contributed by atoms with Crippen LogP contribution in [0.15, 0.2) is 59.5 Å². The van der Waals surface area contributed by atoms with E-state index >= 15 is 0 Å². The Kier molecular flexibility index (Phi) is 3.18. The van der Waals surface area contributed by atoms with E-state index in [9.17, 15) is 4.79 Å². The van der Waals surface area contributed by atoms with Crippen molar-refractivity contribution >= 4 is 16.6 Å². The zero-order valence-corrected chi connectivity index (χ0v) is 10.8. The van der Waals surface area contributed by atoms with Crippen molar-refractivity contribution < 1.29 is 0 Å². The zero-order chi connectivity index (χ0) is 13.9. The third kappa shape index (κ3) is 2.26. The number of aromatic nitrogens is 2. The number of benzene rings is 1. The van der Waals surface area contributed by atoms with Crippen molar-refractivity contribution in [1.82, 2.24) is 9.55 Å². The minimum absolute atomic E-state index is 0.0176. The quantitative estimate of drug-likeness (QED) is 0.559. The van der Waals surface area contributed by atoms with Crippen LogP contribution in [0.4, 0.5) is 5.82 Å². The number of pyridine rings is 2. The first kappa shape index (κ1) is 12.4. The molecule has 0 amide bonds. The molecule has 2 heterocycles. The molecule has 3 N–H and O–H groups in total. The molecule has 0 fully saturated rings. The van der Waals surface area contributed by atoms with E-state index in [0.717, 1.165) is 11.1 Å². The van der Waals surface area contributed by atoms with Gasteiger partial charge in [0.1, 0.15) is 5.82 Å². The molecule has 3 aromatic rings. The number of nitrogens with zero attached hydrogens (tertiary/aromatic N) is 2. The number of nitrogen functional groups attached to an aromatic ring is 1. The third-order valence-electron chi connectivity index (χ3n) is 3.17. The van der Waals surface area contributed by atoms with E-state index in [1.54, 1.807) is 16.8 Å². The van der Waals surface area contributed by atoms with E-state index in [4.69, 9.17) is 5.84 Å². The lowest BCUT2D eigenvalue weighted by Gasteiger charge is -2.08. The molecule has 0 radical (unpaired) electrons. The van der Waals surface area contributed by atoms with Gasteiger partial charge in [0, 0.05) is 11.6 Å². The predicted octanol–water partition coefficient (Wildman–Crippen LogP) is 1.73. The highest BCUT2D eigenvalue weighted by atomic mass is 16.1. The fourth-order valence-corrected chi connectivity index (χ4v) is 2.18. The third-order valence-corrected chi connectivity index (χ3v) is 3.17. The van der Waals surface area contributed by atoms with E-state index in [2.05, 4.69) is 10.4 Å². The molecule has 0 saturated heterocycles. The van der Waals surface area contributed by atoms with Crippen molar-refractivity contribution in [3.63, 3.8) is 0 Å². The van der Waals surface area contributed by atoms with Gasteiger partial charge in [-0.25, -0.2) is 10.8 Å². The second-order valence-electron chi connectivity index (χ2n) is 4.49. The number of rotatable bonds is 3. The van der Waals surface area contributed by atoms with Crippen molar-refractivity contribution in [1.29, 1.82) is 0 Å². The van der Waals surface area contributed by atoms with Gasteiger partial charge in [-0.2, -0.15) is 0 Å². The Morgan fingerprint density at radius 1 is 1.10 bits per heavy atom. The Balaban J connectivity index is 2.02. The molecule has 0 saturated carbocycles. The van der Waals surface area contributed by atoms with Crippen LogP contribution in [0.5, 0.6) is 0 Å². The van der Waals surface area contributed by atoms with Gasteiger partial charge in [0.25, 0.3) is 5.56 Å². The zero-order valence-electron chi connectivity index (χ0n) is 10.8. The summed E-state index contributed by atoms with van der Waals surface area (Å²) < 4.78 is 1.64. The average molecular weight is 266 g/mol. The first-order valence-corrected chi connectivity index (χ1v) is 6.28. The normalized spacial score (nSPS) is 10.7. The van der Waals surface area contributed by atoms with Gasteiger partial charge in [-0.05, 0) is 29.7 Å². The molecule has 0 bridgehead atoms. The summed E-state index contributed by atoms with van der Waals surface area (Å²) in [5.41, 5.74) is 3.26. The van der Waals surface area contributed by atoms with Gasteiger partial charge in [0.05, 0.1) is 12.2 Å². The van der Waals surface area contributed by atoms with Crippen LogP contribution < -0.4 is 16.8 Å². The Hall–Kier alpha value is -2.66. The highest BCUT2D eigenvalue weighted by Crippen LogP contribution is 2.09. The van der Waals surface area contributed by atoms with E-state index in [1.807, 2.05) is 42.5 Å². The minimum atomic E-state index is -0.0176. The van der Waals surface area contributed by atoms with Crippen LogP contribution in [0.3, 0.4) is 0 Å². The Morgan fingerprint density at radius 3 is 2.80 bits per heavy atom. The van der Waals surface area contributed by atoms with Crippen molar-refractivity contribution in [2.75, 3.05) is 5.43 Å². The Bertz CT molecular complexity index is 810. The largest absolute Gasteiger partial charge is 0.309 e. The molecule has 5 heteroatoms. The van der Waals surface area contributed by atoms with Crippen LogP contribution in [-0.2, 0) is 6.54 Å². The summed E-state index contributed by atoms with van der Waals surface area (Å²) in [6.07, 6.45) is 1.79. The summed E-state index contributed by atoms with van der Waals surface area (Å²) in [6.45, 7) is 0.416. The van der Waals surface area contributed by atoms with Crippen molar-refractivity contribution in [3.8, 4) is 0 Å². The summed E-state index contributed by atoms with van der Waals surface area (Å²) in [6, 6.07) is 15.0. The van der Waals surface area contributed by atoms with E-state index in [0.29, 0.717) is 17.7 Å². The topological polar surface area (TPSA) is 72.9 Å². The molecule has 100 valence electrons. The van der Waals surface area contributed by atoms with E-state index in [-0.39, 0.29) is 5.56 Å². The summed E-state index contributed by atoms with van der Waals surface area (Å²) in [7, 11) is 0. The Labute approximate surface area is 115 Å². The molecular weight excluding hydrogens is 252 g/mol. The van der Waals surface area contributed by atoms with Crippen LogP contribution in [0.1, 0.15) is 5.69 Å². The molecule has 2 aromatic heterocycles. The van der Waals surface area contributed by atoms with E-state index in [1.165, 1.54) is 0 Å². The number of hydrogen-bond acceptors (Lipinski definition) is 4. The van der Waals surface area contributed by atoms with Crippen LogP contribution in [-0.4, -0.2) is 9.55 Å². The average Bonchev–Trinajstić information content (AvgIpc) is 2.50. The summed E-state index contributed by atoms with van der Waals surface area (Å²) in [4.78, 5) is 16.7. The van der Waals surface area contributed by atoms with Crippen LogP contribution in [0.25, 0.3) is 10.8 Å². The number of hydrogen-bond donors (Lipinski definition) is 2. The fraction of sp³-hybridized carbons (Fsp3) is 0.0667. The van der Waals surface area contributed by atoms with Crippen LogP contribution >= 0.6 is 0 Å². The molecular formula is C15H14N4O. The van der Waals surface area contributed by atoms with Gasteiger partial charge >= 0.3 is 0 Å². The molecule has 0 aliphatic heterocycles. The number of anilines is 1. The highest BCUT2D eigenvalue weighted by Gasteiger charge is 2.04. The fourth-order valence-electron chi connectivity index (χ4n) is 2.18. The van der Waals surface area contributed by atoms with Crippen LogP contribution in [0, 0.1) is 0 Å². The van der Waals surface area contributed by atoms with Gasteiger partial charge in [-0.1, -0.05) is 24.3 Å². The van der Waals surface area contributed by atoms with Gasteiger partial charge in [-0.3, -0.25) is 4.79 Å². The smallest absolute Gasteiger partial charge is 0.258 e. The van der Waals surface area contributed by atoms with E-state index < -0.39 is 0 Å². The highest BCUT2D eigenvalue weighted by molar-refractivity contribution is 5.81. The molecule has 0 spiro atoms. The van der Waals surface area contributed by atoms with Gasteiger partial charge in [-0.15, -0.1) is 0 Å².